The van der Waals surface area contributed by atoms with Gasteiger partial charge in [0.25, 0.3) is 0 Å². The fourth-order valence-electron chi connectivity index (χ4n) is 5.39. The van der Waals surface area contributed by atoms with Crippen LogP contribution in [0.4, 0.5) is 11.4 Å². The number of hydrogen-bond donors (Lipinski definition) is 0. The number of aromatic nitrogens is 1. The Hall–Kier alpha value is -3.51. The number of methoxy groups -OCH3 is 2. The van der Waals surface area contributed by atoms with Crippen LogP contribution in [0.15, 0.2) is 30.5 Å². The number of carbonyl (C=O) groups excluding carboxylic acids is 1. The number of ether oxygens (including phenoxy) is 4. The molecule has 1 saturated heterocycles. The van der Waals surface area contributed by atoms with Crippen LogP contribution in [0.3, 0.4) is 0 Å². The summed E-state index contributed by atoms with van der Waals surface area (Å²) in [5.41, 5.74) is 2.02. The highest BCUT2D eigenvalue weighted by molar-refractivity contribution is 5.79. The lowest BCUT2D eigenvalue weighted by atomic mass is 9.86. The monoisotopic (exact) mass is 492 g/mol. The van der Waals surface area contributed by atoms with Crippen LogP contribution in [0.5, 0.6) is 17.4 Å². The number of likely N-dealkylation sites (tertiary alicyclic amines) is 1. The quantitative estimate of drug-likeness (QED) is 0.603. The SMILES string of the molecule is COc1ncc(N2CCOc3ccc(OC4CCN(C(=O)C5CCC(OC)CC5)C4)cc32)cc1C#N. The molecular formula is C27H32N4O5. The molecule has 0 bridgehead atoms. The Balaban J connectivity index is 1.26. The summed E-state index contributed by atoms with van der Waals surface area (Å²) in [7, 11) is 3.25. The van der Waals surface area contributed by atoms with Crippen molar-refractivity contribution in [2.75, 3.05) is 45.4 Å². The molecule has 9 heteroatoms. The maximum Gasteiger partial charge on any atom is 0.231 e. The molecule has 1 aromatic heterocycles. The molecule has 3 aliphatic rings. The Bertz CT molecular complexity index is 1140. The largest absolute Gasteiger partial charge is 0.490 e. The average molecular weight is 493 g/mol. The van der Waals surface area contributed by atoms with Crippen LogP contribution in [0.25, 0.3) is 0 Å². The summed E-state index contributed by atoms with van der Waals surface area (Å²) in [6, 6.07) is 9.69. The van der Waals surface area contributed by atoms with E-state index in [0.717, 1.165) is 61.5 Å². The number of amides is 1. The first-order chi connectivity index (χ1) is 17.6. The summed E-state index contributed by atoms with van der Waals surface area (Å²) in [4.78, 5) is 21.4. The minimum Gasteiger partial charge on any atom is -0.490 e. The molecule has 1 atom stereocenters. The van der Waals surface area contributed by atoms with E-state index in [4.69, 9.17) is 18.9 Å². The third-order valence-electron chi connectivity index (χ3n) is 7.37. The Labute approximate surface area is 211 Å². The van der Waals surface area contributed by atoms with Crippen LogP contribution in [-0.4, -0.2) is 68.5 Å². The second-order valence-corrected chi connectivity index (χ2v) is 9.51. The topological polar surface area (TPSA) is 97.2 Å². The Morgan fingerprint density at radius 3 is 2.69 bits per heavy atom. The highest BCUT2D eigenvalue weighted by Crippen LogP contribution is 2.40. The molecule has 1 aromatic carbocycles. The van der Waals surface area contributed by atoms with E-state index in [9.17, 15) is 10.1 Å². The van der Waals surface area contributed by atoms with Crippen molar-refractivity contribution in [1.29, 1.82) is 5.26 Å². The summed E-state index contributed by atoms with van der Waals surface area (Å²) < 4.78 is 22.8. The number of anilines is 2. The first-order valence-electron chi connectivity index (χ1n) is 12.6. The van der Waals surface area contributed by atoms with Gasteiger partial charge in [-0.1, -0.05) is 0 Å². The second-order valence-electron chi connectivity index (χ2n) is 9.51. The van der Waals surface area contributed by atoms with Gasteiger partial charge in [-0.15, -0.1) is 0 Å². The molecule has 2 fully saturated rings. The number of pyridine rings is 1. The van der Waals surface area contributed by atoms with Crippen molar-refractivity contribution in [2.45, 2.75) is 44.3 Å². The van der Waals surface area contributed by atoms with Gasteiger partial charge in [-0.3, -0.25) is 4.79 Å². The van der Waals surface area contributed by atoms with Gasteiger partial charge in [0, 0.05) is 32.1 Å². The second kappa shape index (κ2) is 10.6. The van der Waals surface area contributed by atoms with Crippen LogP contribution in [0, 0.1) is 17.2 Å². The molecule has 1 aliphatic carbocycles. The maximum atomic E-state index is 13.1. The van der Waals surface area contributed by atoms with E-state index in [1.54, 1.807) is 19.4 Å². The molecule has 190 valence electrons. The van der Waals surface area contributed by atoms with E-state index in [2.05, 4.69) is 16.0 Å². The van der Waals surface area contributed by atoms with Gasteiger partial charge in [0.2, 0.25) is 11.8 Å². The van der Waals surface area contributed by atoms with Gasteiger partial charge in [-0.25, -0.2) is 4.98 Å². The van der Waals surface area contributed by atoms with E-state index in [-0.39, 0.29) is 24.0 Å². The van der Waals surface area contributed by atoms with E-state index in [0.29, 0.717) is 31.1 Å². The molecule has 0 N–H and O–H groups in total. The molecule has 1 unspecified atom stereocenters. The standard InChI is InChI=1S/C27H32N4O5/c1-33-21-5-3-18(4-6-21)27(32)30-10-9-23(17-30)36-22-7-8-25-24(14-22)31(11-12-35-25)20-13-19(15-28)26(34-2)29-16-20/h7-8,13-14,16,18,21,23H,3-6,9-12,17H2,1-2H3. The van der Waals surface area contributed by atoms with Crippen molar-refractivity contribution in [1.82, 2.24) is 9.88 Å². The summed E-state index contributed by atoms with van der Waals surface area (Å²) in [5.74, 6) is 2.13. The molecule has 36 heavy (non-hydrogen) atoms. The van der Waals surface area contributed by atoms with Crippen molar-refractivity contribution in [3.8, 4) is 23.4 Å². The van der Waals surface area contributed by atoms with Gasteiger partial charge < -0.3 is 28.7 Å². The lowest BCUT2D eigenvalue weighted by molar-refractivity contribution is -0.136. The van der Waals surface area contributed by atoms with Crippen molar-refractivity contribution in [3.05, 3.63) is 36.0 Å². The predicted molar refractivity (Wildman–Crippen MR) is 133 cm³/mol. The molecule has 0 spiro atoms. The van der Waals surface area contributed by atoms with Gasteiger partial charge in [-0.2, -0.15) is 5.26 Å². The van der Waals surface area contributed by atoms with Crippen LogP contribution in [-0.2, 0) is 9.53 Å². The number of nitriles is 1. The smallest absolute Gasteiger partial charge is 0.231 e. The zero-order chi connectivity index (χ0) is 25.1. The van der Waals surface area contributed by atoms with Crippen LogP contribution in [0.2, 0.25) is 0 Å². The van der Waals surface area contributed by atoms with Gasteiger partial charge in [0.05, 0.1) is 43.9 Å². The minimum absolute atomic E-state index is 0.0480. The van der Waals surface area contributed by atoms with Crippen molar-refractivity contribution in [3.63, 3.8) is 0 Å². The van der Waals surface area contributed by atoms with Crippen LogP contribution in [0.1, 0.15) is 37.7 Å². The summed E-state index contributed by atoms with van der Waals surface area (Å²) in [6.07, 6.45) is 6.45. The predicted octanol–water partition coefficient (Wildman–Crippen LogP) is 3.68. The highest BCUT2D eigenvalue weighted by Gasteiger charge is 2.34. The molecule has 3 heterocycles. The Morgan fingerprint density at radius 1 is 1.11 bits per heavy atom. The van der Waals surface area contributed by atoms with Crippen molar-refractivity contribution >= 4 is 17.3 Å². The zero-order valence-corrected chi connectivity index (χ0v) is 20.8. The highest BCUT2D eigenvalue weighted by atomic mass is 16.5. The lowest BCUT2D eigenvalue weighted by Crippen LogP contribution is -2.38. The number of nitrogens with zero attached hydrogens (tertiary/aromatic N) is 4. The normalized spacial score (nSPS) is 23.4. The molecule has 2 aromatic rings. The fourth-order valence-corrected chi connectivity index (χ4v) is 5.39. The summed E-state index contributed by atoms with van der Waals surface area (Å²) >= 11 is 0. The Kier molecular flexibility index (Phi) is 7.14. The molecule has 0 radical (unpaired) electrons. The van der Waals surface area contributed by atoms with Gasteiger partial charge in [0.1, 0.15) is 35.8 Å². The number of hydrogen-bond acceptors (Lipinski definition) is 8. The van der Waals surface area contributed by atoms with E-state index >= 15 is 0 Å². The van der Waals surface area contributed by atoms with Gasteiger partial charge in [-0.05, 0) is 43.9 Å². The number of benzene rings is 1. The molecule has 1 amide bonds. The number of carbonyl (C=O) groups is 1. The first kappa shape index (κ1) is 24.2. The van der Waals surface area contributed by atoms with Crippen LogP contribution < -0.4 is 19.1 Å². The lowest BCUT2D eigenvalue weighted by Gasteiger charge is -2.32. The summed E-state index contributed by atoms with van der Waals surface area (Å²) in [6.45, 7) is 2.47. The van der Waals surface area contributed by atoms with Crippen molar-refractivity contribution < 1.29 is 23.7 Å². The van der Waals surface area contributed by atoms with E-state index < -0.39 is 0 Å². The minimum atomic E-state index is -0.0480. The van der Waals surface area contributed by atoms with Gasteiger partial charge in [0.15, 0.2) is 0 Å². The van der Waals surface area contributed by atoms with Crippen LogP contribution >= 0.6 is 0 Å². The molecule has 1 saturated carbocycles. The van der Waals surface area contributed by atoms with Crippen molar-refractivity contribution in [2.24, 2.45) is 5.92 Å². The van der Waals surface area contributed by atoms with E-state index in [1.807, 2.05) is 23.1 Å². The third-order valence-corrected chi connectivity index (χ3v) is 7.37. The fraction of sp³-hybridized carbons (Fsp3) is 0.519. The summed E-state index contributed by atoms with van der Waals surface area (Å²) in [5, 5.41) is 9.47. The van der Waals surface area contributed by atoms with Gasteiger partial charge >= 0.3 is 0 Å². The average Bonchev–Trinajstić information content (AvgIpc) is 3.40. The zero-order valence-electron chi connectivity index (χ0n) is 20.8. The Morgan fingerprint density at radius 2 is 1.94 bits per heavy atom. The molecule has 5 rings (SSSR count). The maximum absolute atomic E-state index is 13.1. The number of fused-ring (bicyclic) bond motifs is 1. The molecule has 2 aliphatic heterocycles. The molecule has 9 nitrogen and oxygen atoms in total. The molecular weight excluding hydrogens is 460 g/mol. The first-order valence-corrected chi connectivity index (χ1v) is 12.6. The third kappa shape index (κ3) is 4.91. The van der Waals surface area contributed by atoms with E-state index in [1.165, 1.54) is 7.11 Å². The number of rotatable bonds is 6.